The Morgan fingerprint density at radius 3 is 3.12 bits per heavy atom. The fourth-order valence-electron chi connectivity index (χ4n) is 2.70. The Balaban J connectivity index is 2.25. The number of nitrogens with one attached hydrogen (secondary N) is 1. The second-order valence-corrected chi connectivity index (χ2v) is 4.61. The van der Waals surface area contributed by atoms with E-state index in [2.05, 4.69) is 23.1 Å². The van der Waals surface area contributed by atoms with Gasteiger partial charge in [0.2, 0.25) is 0 Å². The lowest BCUT2D eigenvalue weighted by molar-refractivity contribution is 0.322. The van der Waals surface area contributed by atoms with Crippen LogP contribution < -0.4 is 0 Å². The van der Waals surface area contributed by atoms with Crippen LogP contribution in [0.5, 0.6) is 0 Å². The number of fused-ring (bicyclic) bond motifs is 3. The maximum absolute atomic E-state index is 8.62. The average Bonchev–Trinajstić information content (AvgIpc) is 2.76. The normalized spacial score (nSPS) is 19.7. The number of H-pyrrole nitrogens is 1. The van der Waals surface area contributed by atoms with Crippen LogP contribution in [0.2, 0.25) is 0 Å². The molecule has 0 radical (unpaired) electrons. The molecule has 3 heteroatoms. The Labute approximate surface area is 93.8 Å². The maximum atomic E-state index is 8.62. The van der Waals surface area contributed by atoms with Crippen molar-refractivity contribution < 1.29 is 5.21 Å². The largest absolute Gasteiger partial charge is 0.411 e. The molecule has 2 aromatic rings. The molecule has 1 aliphatic carbocycles. The molecule has 0 aliphatic heterocycles. The van der Waals surface area contributed by atoms with Gasteiger partial charge in [0.1, 0.15) is 0 Å². The van der Waals surface area contributed by atoms with Gasteiger partial charge in [-0.3, -0.25) is 0 Å². The molecule has 2 N–H and O–H groups in total. The van der Waals surface area contributed by atoms with Crippen molar-refractivity contribution in [1.82, 2.24) is 4.98 Å². The van der Waals surface area contributed by atoms with Crippen LogP contribution >= 0.6 is 0 Å². The first-order valence-electron chi connectivity index (χ1n) is 5.59. The SMILES string of the molecule is CC1Cc2[nH]c3c(C=NO)cccc3c2C1. The van der Waals surface area contributed by atoms with E-state index >= 15 is 0 Å². The molecule has 0 spiro atoms. The van der Waals surface area contributed by atoms with E-state index in [0.717, 1.165) is 29.8 Å². The summed E-state index contributed by atoms with van der Waals surface area (Å²) in [4.78, 5) is 3.46. The first kappa shape index (κ1) is 9.46. The Hall–Kier alpha value is -1.77. The van der Waals surface area contributed by atoms with E-state index in [1.54, 1.807) is 0 Å². The number of aromatic amines is 1. The molecular formula is C13H14N2O. The minimum atomic E-state index is 0.737. The summed E-state index contributed by atoms with van der Waals surface area (Å²) >= 11 is 0. The number of hydrogen-bond acceptors (Lipinski definition) is 2. The van der Waals surface area contributed by atoms with Crippen LogP contribution in [0.15, 0.2) is 23.4 Å². The monoisotopic (exact) mass is 214 g/mol. The van der Waals surface area contributed by atoms with Gasteiger partial charge in [-0.2, -0.15) is 0 Å². The molecule has 1 aromatic carbocycles. The lowest BCUT2D eigenvalue weighted by Crippen LogP contribution is -1.93. The van der Waals surface area contributed by atoms with Crippen molar-refractivity contribution >= 4 is 17.1 Å². The molecule has 1 aromatic heterocycles. The fourth-order valence-corrected chi connectivity index (χ4v) is 2.70. The lowest BCUT2D eigenvalue weighted by Gasteiger charge is -2.01. The van der Waals surface area contributed by atoms with E-state index in [9.17, 15) is 0 Å². The number of benzene rings is 1. The van der Waals surface area contributed by atoms with E-state index in [1.165, 1.54) is 22.9 Å². The molecule has 1 aliphatic rings. The Morgan fingerprint density at radius 1 is 1.44 bits per heavy atom. The number of para-hydroxylation sites is 1. The summed E-state index contributed by atoms with van der Waals surface area (Å²) in [6, 6.07) is 6.10. The Bertz CT molecular complexity index is 569. The second-order valence-electron chi connectivity index (χ2n) is 4.61. The molecule has 0 saturated heterocycles. The van der Waals surface area contributed by atoms with Crippen molar-refractivity contribution in [3.63, 3.8) is 0 Å². The van der Waals surface area contributed by atoms with Gasteiger partial charge in [-0.05, 0) is 24.3 Å². The molecular weight excluding hydrogens is 200 g/mol. The van der Waals surface area contributed by atoms with E-state index in [4.69, 9.17) is 5.21 Å². The zero-order valence-corrected chi connectivity index (χ0v) is 9.20. The minimum absolute atomic E-state index is 0.737. The maximum Gasteiger partial charge on any atom is 0.0754 e. The van der Waals surface area contributed by atoms with Gasteiger partial charge < -0.3 is 10.2 Å². The number of rotatable bonds is 1. The van der Waals surface area contributed by atoms with Crippen molar-refractivity contribution in [2.45, 2.75) is 19.8 Å². The van der Waals surface area contributed by atoms with Crippen molar-refractivity contribution in [2.75, 3.05) is 0 Å². The van der Waals surface area contributed by atoms with Crippen molar-refractivity contribution in [1.29, 1.82) is 0 Å². The molecule has 0 amide bonds. The van der Waals surface area contributed by atoms with Crippen molar-refractivity contribution in [2.24, 2.45) is 11.1 Å². The molecule has 1 atom stereocenters. The van der Waals surface area contributed by atoms with Crippen molar-refractivity contribution in [3.05, 3.63) is 35.0 Å². The predicted molar refractivity (Wildman–Crippen MR) is 64.3 cm³/mol. The van der Waals surface area contributed by atoms with E-state index in [0.29, 0.717) is 0 Å². The summed E-state index contributed by atoms with van der Waals surface area (Å²) in [6.45, 7) is 2.28. The smallest absolute Gasteiger partial charge is 0.0754 e. The molecule has 3 rings (SSSR count). The highest BCUT2D eigenvalue weighted by Gasteiger charge is 2.22. The molecule has 3 nitrogen and oxygen atoms in total. The third-order valence-corrected chi connectivity index (χ3v) is 3.36. The van der Waals surface area contributed by atoms with Gasteiger partial charge in [-0.1, -0.05) is 30.3 Å². The second kappa shape index (κ2) is 3.37. The Kier molecular flexibility index (Phi) is 1.99. The zero-order valence-electron chi connectivity index (χ0n) is 9.20. The van der Waals surface area contributed by atoms with Crippen LogP contribution in [0.4, 0.5) is 0 Å². The Morgan fingerprint density at radius 2 is 2.31 bits per heavy atom. The summed E-state index contributed by atoms with van der Waals surface area (Å²) < 4.78 is 0. The first-order valence-corrected chi connectivity index (χ1v) is 5.59. The van der Waals surface area contributed by atoms with Gasteiger partial charge in [0.05, 0.1) is 11.7 Å². The summed E-state index contributed by atoms with van der Waals surface area (Å²) in [5, 5.41) is 13.0. The lowest BCUT2D eigenvalue weighted by atomic mass is 10.1. The van der Waals surface area contributed by atoms with E-state index in [1.807, 2.05) is 12.1 Å². The zero-order chi connectivity index (χ0) is 11.1. The predicted octanol–water partition coefficient (Wildman–Crippen LogP) is 2.71. The topological polar surface area (TPSA) is 48.4 Å². The summed E-state index contributed by atoms with van der Waals surface area (Å²) in [5.41, 5.74) is 4.83. The third kappa shape index (κ3) is 1.24. The number of aromatic nitrogens is 1. The van der Waals surface area contributed by atoms with Gasteiger partial charge >= 0.3 is 0 Å². The van der Waals surface area contributed by atoms with Crippen LogP contribution in [0, 0.1) is 5.92 Å². The standard InChI is InChI=1S/C13H14N2O/c1-8-5-11-10-4-2-3-9(7-14-16)13(10)15-12(11)6-8/h2-4,7-8,15-16H,5-6H2,1H3. The molecule has 0 bridgehead atoms. The van der Waals surface area contributed by atoms with E-state index in [-0.39, 0.29) is 0 Å². The quantitative estimate of drug-likeness (QED) is 0.428. The highest BCUT2D eigenvalue weighted by molar-refractivity contribution is 5.99. The summed E-state index contributed by atoms with van der Waals surface area (Å²) in [5.74, 6) is 0.737. The van der Waals surface area contributed by atoms with Gasteiger partial charge in [-0.25, -0.2) is 0 Å². The third-order valence-electron chi connectivity index (χ3n) is 3.36. The van der Waals surface area contributed by atoms with E-state index < -0.39 is 0 Å². The number of nitrogens with zero attached hydrogens (tertiary/aromatic N) is 1. The average molecular weight is 214 g/mol. The highest BCUT2D eigenvalue weighted by Crippen LogP contribution is 2.33. The molecule has 16 heavy (non-hydrogen) atoms. The van der Waals surface area contributed by atoms with Crippen LogP contribution in [-0.2, 0) is 12.8 Å². The van der Waals surface area contributed by atoms with Crippen LogP contribution in [0.25, 0.3) is 10.9 Å². The molecule has 1 heterocycles. The highest BCUT2D eigenvalue weighted by atomic mass is 16.4. The van der Waals surface area contributed by atoms with Gasteiger partial charge in [-0.15, -0.1) is 0 Å². The molecule has 0 saturated carbocycles. The van der Waals surface area contributed by atoms with Gasteiger partial charge in [0.25, 0.3) is 0 Å². The van der Waals surface area contributed by atoms with Crippen LogP contribution in [-0.4, -0.2) is 16.4 Å². The molecule has 82 valence electrons. The van der Waals surface area contributed by atoms with Gasteiger partial charge in [0.15, 0.2) is 0 Å². The fraction of sp³-hybridized carbons (Fsp3) is 0.308. The van der Waals surface area contributed by atoms with Gasteiger partial charge in [0, 0.05) is 16.6 Å². The van der Waals surface area contributed by atoms with Crippen molar-refractivity contribution in [3.8, 4) is 0 Å². The number of oxime groups is 1. The first-order chi connectivity index (χ1) is 7.79. The summed E-state index contributed by atoms with van der Waals surface area (Å²) in [6.07, 6.45) is 3.76. The summed E-state index contributed by atoms with van der Waals surface area (Å²) in [7, 11) is 0. The number of hydrogen-bond donors (Lipinski definition) is 2. The minimum Gasteiger partial charge on any atom is -0.411 e. The molecule has 0 fully saturated rings. The van der Waals surface area contributed by atoms with Crippen LogP contribution in [0.3, 0.4) is 0 Å². The molecule has 1 unspecified atom stereocenters. The van der Waals surface area contributed by atoms with Crippen LogP contribution in [0.1, 0.15) is 23.7 Å².